The molecule has 0 aromatic rings. The highest BCUT2D eigenvalue weighted by molar-refractivity contribution is 7.54. The monoisotopic (exact) mass is 616 g/mol. The molecule has 0 aliphatic carbocycles. The number of hydrogen-bond acceptors (Lipinski definition) is 12. The third-order valence-corrected chi connectivity index (χ3v) is 8.34. The molecule has 0 saturated carbocycles. The number of methoxy groups -OCH3 is 1. The minimum absolute atomic E-state index is 0.139. The van der Waals surface area contributed by atoms with Gasteiger partial charge in [0.2, 0.25) is 0 Å². The van der Waals surface area contributed by atoms with E-state index in [0.717, 1.165) is 7.11 Å². The van der Waals surface area contributed by atoms with Crippen LogP contribution in [-0.2, 0) is 55.9 Å². The average molecular weight is 616 g/mol. The van der Waals surface area contributed by atoms with E-state index in [4.69, 9.17) is 43.1 Å². The molecule has 0 aromatic heterocycles. The van der Waals surface area contributed by atoms with Crippen LogP contribution in [0.4, 0.5) is 0 Å². The van der Waals surface area contributed by atoms with Crippen LogP contribution in [0, 0.1) is 0 Å². The lowest BCUT2D eigenvalue weighted by Crippen LogP contribution is -2.61. The Hall–Kier alpha value is -1.26. The maximum atomic E-state index is 12.5. The molecule has 0 radical (unpaired) electrons. The first-order chi connectivity index (χ1) is 17.4. The van der Waals surface area contributed by atoms with Crippen molar-refractivity contribution in [1.29, 1.82) is 0 Å². The third kappa shape index (κ3) is 12.3. The lowest BCUT2D eigenvalue weighted by atomic mass is 9.99. The van der Waals surface area contributed by atoms with Crippen LogP contribution >= 0.6 is 22.8 Å². The third-order valence-electron chi connectivity index (χ3n) is 4.61. The van der Waals surface area contributed by atoms with E-state index in [1.807, 2.05) is 6.92 Å². The summed E-state index contributed by atoms with van der Waals surface area (Å²) in [6.45, 7) is 1.52. The van der Waals surface area contributed by atoms with Gasteiger partial charge in [0, 0.05) is 13.7 Å². The summed E-state index contributed by atoms with van der Waals surface area (Å²) in [7, 11) is -14.3. The highest BCUT2D eigenvalue weighted by Gasteiger charge is 2.55. The van der Waals surface area contributed by atoms with E-state index in [9.17, 15) is 42.8 Å². The van der Waals surface area contributed by atoms with Crippen LogP contribution in [0.15, 0.2) is 0 Å². The van der Waals surface area contributed by atoms with E-state index in [-0.39, 0.29) is 6.61 Å². The zero-order chi connectivity index (χ0) is 29.3. The van der Waals surface area contributed by atoms with Gasteiger partial charge in [-0.25, -0.2) is 0 Å². The van der Waals surface area contributed by atoms with E-state index >= 15 is 0 Å². The molecule has 0 amide bonds. The molecular weight excluding hydrogens is 585 g/mol. The van der Waals surface area contributed by atoms with Gasteiger partial charge in [0.05, 0.1) is 6.61 Å². The van der Waals surface area contributed by atoms with Crippen molar-refractivity contribution in [2.75, 3.05) is 38.8 Å². The Morgan fingerprint density at radius 3 is 1.58 bits per heavy atom. The number of carbonyl (C=O) groups is 3. The van der Waals surface area contributed by atoms with Crippen LogP contribution in [0.2, 0.25) is 0 Å². The zero-order valence-electron chi connectivity index (χ0n) is 20.3. The fourth-order valence-electron chi connectivity index (χ4n) is 3.20. The van der Waals surface area contributed by atoms with Crippen molar-refractivity contribution >= 4 is 40.7 Å². The molecular formula is C17H31O18P3. The van der Waals surface area contributed by atoms with Gasteiger partial charge in [0.15, 0.2) is 6.29 Å². The largest absolute Gasteiger partial charge is 0.481 e. The lowest BCUT2D eigenvalue weighted by molar-refractivity contribution is -0.284. The molecule has 1 saturated heterocycles. The molecule has 1 rings (SSSR count). The Balaban J connectivity index is 3.60. The first-order valence-corrected chi connectivity index (χ1v) is 16.1. The summed E-state index contributed by atoms with van der Waals surface area (Å²) >= 11 is 0. The van der Waals surface area contributed by atoms with Crippen molar-refractivity contribution in [3.63, 3.8) is 0 Å². The predicted octanol–water partition coefficient (Wildman–Crippen LogP) is 0.140. The zero-order valence-corrected chi connectivity index (χ0v) is 22.9. The van der Waals surface area contributed by atoms with Crippen LogP contribution in [0.3, 0.4) is 0 Å². The van der Waals surface area contributed by atoms with Gasteiger partial charge in [-0.1, -0.05) is 13.3 Å². The van der Waals surface area contributed by atoms with E-state index in [1.165, 1.54) is 0 Å². The van der Waals surface area contributed by atoms with Gasteiger partial charge in [-0.2, -0.15) is 0 Å². The molecule has 21 heteroatoms. The smallest absolute Gasteiger partial charge is 0.339 e. The van der Waals surface area contributed by atoms with Gasteiger partial charge >= 0.3 is 40.7 Å². The summed E-state index contributed by atoms with van der Waals surface area (Å²) in [5.41, 5.74) is 0. The van der Waals surface area contributed by atoms with E-state index in [2.05, 4.69) is 0 Å². The molecule has 222 valence electrons. The average Bonchev–Trinajstić information content (AvgIpc) is 2.71. The van der Waals surface area contributed by atoms with E-state index in [0.29, 0.717) is 12.8 Å². The Kier molecular flexibility index (Phi) is 13.7. The highest BCUT2D eigenvalue weighted by Crippen LogP contribution is 2.53. The van der Waals surface area contributed by atoms with Gasteiger partial charge in [0.25, 0.3) is 0 Å². The van der Waals surface area contributed by atoms with Crippen LogP contribution in [0.1, 0.15) is 19.8 Å². The standard InChI is InChI=1S/C17H31O18P3/c1-3-4-5-31-6-10-14(33-36(24,25)7-11(18)19)15(34-37(26,27)8-12(20)21)16(17(30-2)32-10)35-38(28,29)9-13(22)23/h10,14-17H,3-9H2,1-2H3,(H,18,19)(H,20,21)(H,22,23)(H,24,25)(H,26,27)(H,28,29)/t10-,14+,15+,16-,17+/m1/s1. The fraction of sp³-hybridized carbons (Fsp3) is 0.824. The Morgan fingerprint density at radius 1 is 0.763 bits per heavy atom. The number of carboxylic acids is 3. The molecule has 1 fully saturated rings. The summed E-state index contributed by atoms with van der Waals surface area (Å²) in [5.74, 6) is -5.37. The quantitative estimate of drug-likeness (QED) is 0.0882. The fourth-order valence-corrected chi connectivity index (χ4v) is 6.31. The Bertz CT molecular complexity index is 970. The number of ether oxygens (including phenoxy) is 3. The predicted molar refractivity (Wildman–Crippen MR) is 123 cm³/mol. The van der Waals surface area contributed by atoms with Crippen molar-refractivity contribution in [1.82, 2.24) is 0 Å². The van der Waals surface area contributed by atoms with Gasteiger partial charge in [-0.3, -0.25) is 41.6 Å². The van der Waals surface area contributed by atoms with Crippen LogP contribution in [0.5, 0.6) is 0 Å². The summed E-state index contributed by atoms with van der Waals surface area (Å²) < 4.78 is 68.5. The number of rotatable bonds is 18. The summed E-state index contributed by atoms with van der Waals surface area (Å²) in [6.07, 6.45) is -12.9. The minimum Gasteiger partial charge on any atom is -0.481 e. The van der Waals surface area contributed by atoms with Gasteiger partial charge in [-0.15, -0.1) is 0 Å². The van der Waals surface area contributed by atoms with Crippen LogP contribution in [-0.4, -0.2) is 117 Å². The first kappa shape index (κ1) is 34.8. The van der Waals surface area contributed by atoms with E-state index < -0.39 is 96.5 Å². The summed E-state index contributed by atoms with van der Waals surface area (Å²) in [4.78, 5) is 63.4. The maximum Gasteiger partial charge on any atom is 0.339 e. The van der Waals surface area contributed by atoms with Gasteiger partial charge in [-0.05, 0) is 6.42 Å². The SMILES string of the molecule is CCCCOC[C@H]1O[C@H](OC)[C@H](OP(=O)(O)CC(=O)O)[C@@H](OP(=O)(O)CC(=O)O)[C@H]1OP(=O)(O)CC(=O)O. The Morgan fingerprint density at radius 2 is 1.18 bits per heavy atom. The molecule has 6 N–H and O–H groups in total. The maximum absolute atomic E-state index is 12.5. The topological polar surface area (TPSA) is 279 Å². The molecule has 18 nitrogen and oxygen atoms in total. The molecule has 1 aliphatic heterocycles. The number of hydrogen-bond donors (Lipinski definition) is 6. The normalized spacial score (nSPS) is 28.5. The second-order valence-electron chi connectivity index (χ2n) is 7.99. The summed E-state index contributed by atoms with van der Waals surface area (Å²) in [5, 5.41) is 26.8. The van der Waals surface area contributed by atoms with Crippen molar-refractivity contribution in [2.45, 2.75) is 50.5 Å². The second kappa shape index (κ2) is 14.9. The molecule has 1 aliphatic rings. The Labute approximate surface area is 216 Å². The van der Waals surface area contributed by atoms with Crippen LogP contribution in [0.25, 0.3) is 0 Å². The van der Waals surface area contributed by atoms with Crippen molar-refractivity contribution < 1.29 is 85.9 Å². The molecule has 0 spiro atoms. The minimum atomic E-state index is -5.16. The number of unbranched alkanes of at least 4 members (excludes halogenated alkanes) is 1. The molecule has 0 aromatic carbocycles. The van der Waals surface area contributed by atoms with Gasteiger partial charge in [0.1, 0.15) is 42.9 Å². The van der Waals surface area contributed by atoms with Crippen molar-refractivity contribution in [3.8, 4) is 0 Å². The van der Waals surface area contributed by atoms with Crippen LogP contribution < -0.4 is 0 Å². The second-order valence-corrected chi connectivity index (χ2v) is 13.4. The number of aliphatic carboxylic acids is 3. The number of carboxylic acid groups (broad SMARTS) is 3. The highest BCUT2D eigenvalue weighted by atomic mass is 31.2. The van der Waals surface area contributed by atoms with E-state index in [1.54, 1.807) is 0 Å². The first-order valence-electron chi connectivity index (χ1n) is 10.8. The molecule has 3 unspecified atom stereocenters. The molecule has 38 heavy (non-hydrogen) atoms. The van der Waals surface area contributed by atoms with Gasteiger partial charge < -0.3 is 44.2 Å². The molecule has 0 bridgehead atoms. The molecule has 8 atom stereocenters. The molecule has 1 heterocycles. The van der Waals surface area contributed by atoms with Crippen molar-refractivity contribution in [2.24, 2.45) is 0 Å². The lowest BCUT2D eigenvalue weighted by Gasteiger charge is -2.45. The van der Waals surface area contributed by atoms with Crippen molar-refractivity contribution in [3.05, 3.63) is 0 Å². The summed E-state index contributed by atoms with van der Waals surface area (Å²) in [6, 6.07) is 0.